The number of carbonyl (C=O) groups is 1. The summed E-state index contributed by atoms with van der Waals surface area (Å²) < 4.78 is 2.14. The van der Waals surface area contributed by atoms with Gasteiger partial charge in [-0.15, -0.1) is 0 Å². The van der Waals surface area contributed by atoms with Crippen LogP contribution in [0.25, 0.3) is 10.9 Å². The number of hydrogen-bond acceptors (Lipinski definition) is 2. The maximum absolute atomic E-state index is 12.2. The van der Waals surface area contributed by atoms with Gasteiger partial charge in [-0.3, -0.25) is 9.59 Å². The van der Waals surface area contributed by atoms with Gasteiger partial charge in [0.2, 0.25) is 0 Å². The topological polar surface area (TPSA) is 39.1 Å². The van der Waals surface area contributed by atoms with Crippen LogP contribution >= 0.6 is 0 Å². The first kappa shape index (κ1) is 20.2. The average Bonchev–Trinajstić information content (AvgIpc) is 2.66. The molecule has 0 spiro atoms. The van der Waals surface area contributed by atoms with E-state index in [1.807, 2.05) is 37.4 Å². The number of allylic oxidation sites excluding steroid dienone is 2. The van der Waals surface area contributed by atoms with Crippen molar-refractivity contribution in [3.8, 4) is 0 Å². The first-order valence-electron chi connectivity index (χ1n) is 9.90. The van der Waals surface area contributed by atoms with Gasteiger partial charge in [0.05, 0.1) is 5.52 Å². The molecule has 0 unspecified atom stereocenters. The number of benzene rings is 1. The van der Waals surface area contributed by atoms with Crippen LogP contribution in [0.5, 0.6) is 0 Å². The van der Waals surface area contributed by atoms with Gasteiger partial charge in [-0.2, -0.15) is 0 Å². The Morgan fingerprint density at radius 2 is 1.85 bits per heavy atom. The van der Waals surface area contributed by atoms with E-state index in [0.717, 1.165) is 68.0 Å². The number of ketones is 1. The Morgan fingerprint density at radius 1 is 1.08 bits per heavy atom. The number of aromatic nitrogens is 1. The third-order valence-corrected chi connectivity index (χ3v) is 4.89. The molecule has 0 saturated carbocycles. The first-order chi connectivity index (χ1) is 12.6. The second kappa shape index (κ2) is 10.7. The highest BCUT2D eigenvalue weighted by molar-refractivity contribution is 5.89. The van der Waals surface area contributed by atoms with Crippen molar-refractivity contribution in [2.45, 2.75) is 64.7 Å². The van der Waals surface area contributed by atoms with Gasteiger partial charge in [0.1, 0.15) is 0 Å². The largest absolute Gasteiger partial charge is 0.347 e. The Labute approximate surface area is 156 Å². The molecule has 0 atom stereocenters. The molecule has 0 bridgehead atoms. The van der Waals surface area contributed by atoms with Gasteiger partial charge in [0.15, 0.2) is 11.2 Å². The van der Waals surface area contributed by atoms with Crippen molar-refractivity contribution < 1.29 is 4.79 Å². The maximum Gasteiger partial charge on any atom is 0.189 e. The highest BCUT2D eigenvalue weighted by Crippen LogP contribution is 2.14. The molecule has 0 N–H and O–H groups in total. The monoisotopic (exact) mass is 353 g/mol. The molecule has 1 heterocycles. The van der Waals surface area contributed by atoms with Crippen molar-refractivity contribution in [1.82, 2.24) is 4.57 Å². The lowest BCUT2D eigenvalue weighted by molar-refractivity contribution is -0.114. The van der Waals surface area contributed by atoms with E-state index in [0.29, 0.717) is 6.42 Å². The molecule has 140 valence electrons. The minimum atomic E-state index is 0.117. The van der Waals surface area contributed by atoms with E-state index < -0.39 is 0 Å². The smallest absolute Gasteiger partial charge is 0.189 e. The highest BCUT2D eigenvalue weighted by Gasteiger charge is 2.05. The van der Waals surface area contributed by atoms with Gasteiger partial charge in [0.25, 0.3) is 0 Å². The van der Waals surface area contributed by atoms with Gasteiger partial charge in [-0.1, -0.05) is 44.4 Å². The van der Waals surface area contributed by atoms with Crippen LogP contribution in [0.3, 0.4) is 0 Å². The van der Waals surface area contributed by atoms with Crippen LogP contribution in [0, 0.1) is 0 Å². The molecular weight excluding hydrogens is 322 g/mol. The van der Waals surface area contributed by atoms with Gasteiger partial charge in [-0.25, -0.2) is 0 Å². The van der Waals surface area contributed by atoms with E-state index in [1.54, 1.807) is 12.1 Å². The quantitative estimate of drug-likeness (QED) is 0.404. The zero-order chi connectivity index (χ0) is 18.8. The zero-order valence-corrected chi connectivity index (χ0v) is 16.2. The molecule has 0 saturated heterocycles. The van der Waals surface area contributed by atoms with Gasteiger partial charge in [0, 0.05) is 30.6 Å². The maximum atomic E-state index is 12.2. The predicted octanol–water partition coefficient (Wildman–Crippen LogP) is 5.35. The molecule has 0 aliphatic carbocycles. The number of hydrogen-bond donors (Lipinski definition) is 0. The van der Waals surface area contributed by atoms with Crippen molar-refractivity contribution in [1.29, 1.82) is 0 Å². The molecule has 26 heavy (non-hydrogen) atoms. The molecule has 0 aliphatic heterocycles. The van der Waals surface area contributed by atoms with E-state index in [1.165, 1.54) is 0 Å². The summed E-state index contributed by atoms with van der Waals surface area (Å²) in [5, 5.41) is 0.791. The van der Waals surface area contributed by atoms with E-state index in [2.05, 4.69) is 11.5 Å². The Kier molecular flexibility index (Phi) is 8.33. The molecular formula is C23H31NO2. The van der Waals surface area contributed by atoms with Crippen LogP contribution in [-0.4, -0.2) is 10.4 Å². The molecule has 1 aromatic heterocycles. The number of carbonyl (C=O) groups excluding carboxylic acids is 1. The number of rotatable bonds is 11. The van der Waals surface area contributed by atoms with Gasteiger partial charge < -0.3 is 4.57 Å². The molecule has 2 rings (SSSR count). The predicted molar refractivity (Wildman–Crippen MR) is 110 cm³/mol. The molecule has 3 nitrogen and oxygen atoms in total. The summed E-state index contributed by atoms with van der Waals surface area (Å²) in [6.07, 6.45) is 12.9. The van der Waals surface area contributed by atoms with Crippen LogP contribution in [-0.2, 0) is 18.3 Å². The molecule has 2 aromatic rings. The second-order valence-corrected chi connectivity index (χ2v) is 7.00. The summed E-state index contributed by atoms with van der Waals surface area (Å²) in [4.78, 5) is 23.8. The van der Waals surface area contributed by atoms with E-state index in [-0.39, 0.29) is 11.2 Å². The molecule has 0 radical (unpaired) electrons. The second-order valence-electron chi connectivity index (χ2n) is 7.00. The fourth-order valence-corrected chi connectivity index (χ4v) is 3.27. The molecule has 1 aromatic carbocycles. The minimum absolute atomic E-state index is 0.117. The van der Waals surface area contributed by atoms with Crippen LogP contribution in [0.4, 0.5) is 0 Å². The minimum Gasteiger partial charge on any atom is -0.347 e. The van der Waals surface area contributed by atoms with Crippen LogP contribution in [0.15, 0.2) is 47.3 Å². The van der Waals surface area contributed by atoms with E-state index >= 15 is 0 Å². The summed E-state index contributed by atoms with van der Waals surface area (Å²) in [6, 6.07) is 9.57. The van der Waals surface area contributed by atoms with Crippen molar-refractivity contribution in [3.05, 3.63) is 58.4 Å². The van der Waals surface area contributed by atoms with Gasteiger partial charge in [-0.05, 0) is 50.3 Å². The number of fused-ring (bicyclic) bond motifs is 1. The summed E-state index contributed by atoms with van der Waals surface area (Å²) in [5.41, 5.74) is 2.23. The number of para-hydroxylation sites is 1. The Morgan fingerprint density at radius 3 is 2.65 bits per heavy atom. The standard InChI is InChI=1S/C23H31NO2/c1-3-4-14-20(25)15-10-8-6-5-7-9-13-19-18-23(26)21-16-11-12-17-22(21)24(19)2/h10-12,15-18H,3-9,13-14H2,1-2H3/b15-10+. The van der Waals surface area contributed by atoms with Crippen molar-refractivity contribution in [2.75, 3.05) is 0 Å². The Bertz CT molecular complexity index is 801. The fraction of sp³-hybridized carbons (Fsp3) is 0.478. The lowest BCUT2D eigenvalue weighted by Gasteiger charge is -2.12. The number of aryl methyl sites for hydroxylation is 2. The lowest BCUT2D eigenvalue weighted by atomic mass is 10.1. The third kappa shape index (κ3) is 5.98. The first-order valence-corrected chi connectivity index (χ1v) is 9.90. The van der Waals surface area contributed by atoms with E-state index in [4.69, 9.17) is 0 Å². The highest BCUT2D eigenvalue weighted by atomic mass is 16.1. The summed E-state index contributed by atoms with van der Waals surface area (Å²) in [6.45, 7) is 2.10. The normalized spacial score (nSPS) is 11.5. The SMILES string of the molecule is CCCCC(=O)/C=C/CCCCCCc1cc(=O)c2ccccc2n1C. The fourth-order valence-electron chi connectivity index (χ4n) is 3.27. The Balaban J connectivity index is 1.71. The third-order valence-electron chi connectivity index (χ3n) is 4.89. The molecule has 0 aliphatic rings. The van der Waals surface area contributed by atoms with Crippen LogP contribution in [0.1, 0.15) is 64.0 Å². The zero-order valence-electron chi connectivity index (χ0n) is 16.2. The van der Waals surface area contributed by atoms with Crippen molar-refractivity contribution in [3.63, 3.8) is 0 Å². The van der Waals surface area contributed by atoms with Crippen molar-refractivity contribution >= 4 is 16.7 Å². The Hall–Kier alpha value is -2.16. The lowest BCUT2D eigenvalue weighted by Crippen LogP contribution is -2.11. The molecule has 0 amide bonds. The van der Waals surface area contributed by atoms with Crippen LogP contribution < -0.4 is 5.43 Å². The average molecular weight is 354 g/mol. The molecule has 3 heteroatoms. The summed E-state index contributed by atoms with van der Waals surface area (Å²) >= 11 is 0. The van der Waals surface area contributed by atoms with Gasteiger partial charge >= 0.3 is 0 Å². The van der Waals surface area contributed by atoms with E-state index in [9.17, 15) is 9.59 Å². The summed E-state index contributed by atoms with van der Waals surface area (Å²) in [5.74, 6) is 0.254. The number of unbranched alkanes of at least 4 members (excludes halogenated alkanes) is 5. The van der Waals surface area contributed by atoms with Crippen LogP contribution in [0.2, 0.25) is 0 Å². The molecule has 0 fully saturated rings. The van der Waals surface area contributed by atoms with Crippen molar-refractivity contribution in [2.24, 2.45) is 7.05 Å². The summed E-state index contributed by atoms with van der Waals surface area (Å²) in [7, 11) is 2.04. The number of pyridine rings is 1. The number of nitrogens with zero attached hydrogens (tertiary/aromatic N) is 1.